The van der Waals surface area contributed by atoms with Crippen LogP contribution in [-0.4, -0.2) is 0 Å². The SMILES string of the molecule is CCCCCCCCCCc1ccc(Br)cc1. The molecule has 0 aliphatic heterocycles. The van der Waals surface area contributed by atoms with Crippen molar-refractivity contribution in [1.29, 1.82) is 0 Å². The van der Waals surface area contributed by atoms with Gasteiger partial charge in [0.15, 0.2) is 0 Å². The standard InChI is InChI=1S/C16H25Br/c1-2-3-4-5-6-7-8-9-10-15-11-13-16(17)14-12-15/h11-14H,2-10H2,1H3. The number of benzene rings is 1. The minimum atomic E-state index is 1.18. The van der Waals surface area contributed by atoms with Crippen LogP contribution in [0.1, 0.15) is 63.9 Å². The maximum atomic E-state index is 3.47. The van der Waals surface area contributed by atoms with E-state index in [1.807, 2.05) is 0 Å². The first-order valence-corrected chi connectivity index (χ1v) is 7.86. The Balaban J connectivity index is 1.95. The summed E-state index contributed by atoms with van der Waals surface area (Å²) >= 11 is 3.47. The summed E-state index contributed by atoms with van der Waals surface area (Å²) in [6, 6.07) is 8.73. The summed E-state index contributed by atoms with van der Waals surface area (Å²) in [5, 5.41) is 0. The minimum Gasteiger partial charge on any atom is -0.0654 e. The Morgan fingerprint density at radius 3 is 1.88 bits per heavy atom. The molecular formula is C16H25Br. The molecule has 0 saturated heterocycles. The molecule has 0 bridgehead atoms. The predicted molar refractivity (Wildman–Crippen MR) is 80.5 cm³/mol. The van der Waals surface area contributed by atoms with E-state index in [4.69, 9.17) is 0 Å². The highest BCUT2D eigenvalue weighted by molar-refractivity contribution is 9.10. The Hall–Kier alpha value is -0.300. The van der Waals surface area contributed by atoms with E-state index >= 15 is 0 Å². The largest absolute Gasteiger partial charge is 0.0654 e. The van der Waals surface area contributed by atoms with Crippen LogP contribution in [0.2, 0.25) is 0 Å². The second-order valence-electron chi connectivity index (χ2n) is 4.85. The van der Waals surface area contributed by atoms with Gasteiger partial charge in [0, 0.05) is 4.47 Å². The molecule has 0 heterocycles. The minimum absolute atomic E-state index is 1.18. The fraction of sp³-hybridized carbons (Fsp3) is 0.625. The Kier molecular flexibility index (Phi) is 8.42. The summed E-state index contributed by atoms with van der Waals surface area (Å²) in [6.45, 7) is 2.28. The van der Waals surface area contributed by atoms with Gasteiger partial charge in [0.1, 0.15) is 0 Å². The van der Waals surface area contributed by atoms with Crippen molar-refractivity contribution >= 4 is 15.9 Å². The smallest absolute Gasteiger partial charge is 0.0175 e. The lowest BCUT2D eigenvalue weighted by Gasteiger charge is -2.02. The molecule has 0 fully saturated rings. The molecule has 0 aliphatic carbocycles. The Morgan fingerprint density at radius 2 is 1.29 bits per heavy atom. The summed E-state index contributed by atoms with van der Waals surface area (Å²) in [6.07, 6.45) is 12.5. The van der Waals surface area contributed by atoms with E-state index in [0.717, 1.165) is 0 Å². The molecule has 0 unspecified atom stereocenters. The molecule has 0 spiro atoms. The van der Waals surface area contributed by atoms with Crippen LogP contribution in [0, 0.1) is 0 Å². The number of hydrogen-bond donors (Lipinski definition) is 0. The van der Waals surface area contributed by atoms with Gasteiger partial charge in [-0.05, 0) is 30.5 Å². The highest BCUT2D eigenvalue weighted by Gasteiger charge is 1.94. The number of rotatable bonds is 9. The van der Waals surface area contributed by atoms with Crippen molar-refractivity contribution in [3.8, 4) is 0 Å². The third kappa shape index (κ3) is 7.59. The number of hydrogen-bond acceptors (Lipinski definition) is 0. The highest BCUT2D eigenvalue weighted by Crippen LogP contribution is 2.14. The van der Waals surface area contributed by atoms with Gasteiger partial charge in [-0.15, -0.1) is 0 Å². The third-order valence-electron chi connectivity index (χ3n) is 3.23. The van der Waals surface area contributed by atoms with Crippen molar-refractivity contribution in [3.63, 3.8) is 0 Å². The van der Waals surface area contributed by atoms with Crippen LogP contribution in [0.3, 0.4) is 0 Å². The Labute approximate surface area is 115 Å². The Morgan fingerprint density at radius 1 is 0.765 bits per heavy atom. The normalized spacial score (nSPS) is 10.7. The van der Waals surface area contributed by atoms with E-state index in [1.54, 1.807) is 0 Å². The number of unbranched alkanes of at least 4 members (excludes halogenated alkanes) is 7. The number of halogens is 1. The van der Waals surface area contributed by atoms with E-state index in [9.17, 15) is 0 Å². The molecule has 0 radical (unpaired) electrons. The van der Waals surface area contributed by atoms with Gasteiger partial charge in [-0.3, -0.25) is 0 Å². The lowest BCUT2D eigenvalue weighted by atomic mass is 10.0. The van der Waals surface area contributed by atoms with Gasteiger partial charge in [0.25, 0.3) is 0 Å². The predicted octanol–water partition coefficient (Wildman–Crippen LogP) is 6.13. The summed E-state index contributed by atoms with van der Waals surface area (Å²) in [5.74, 6) is 0. The molecule has 0 N–H and O–H groups in total. The van der Waals surface area contributed by atoms with E-state index in [-0.39, 0.29) is 0 Å². The Bertz CT molecular complexity index is 276. The second-order valence-corrected chi connectivity index (χ2v) is 5.77. The van der Waals surface area contributed by atoms with Crippen molar-refractivity contribution in [2.75, 3.05) is 0 Å². The maximum absolute atomic E-state index is 3.47. The van der Waals surface area contributed by atoms with E-state index < -0.39 is 0 Å². The summed E-state index contributed by atoms with van der Waals surface area (Å²) in [4.78, 5) is 0. The van der Waals surface area contributed by atoms with Crippen molar-refractivity contribution < 1.29 is 0 Å². The van der Waals surface area contributed by atoms with E-state index in [1.165, 1.54) is 67.8 Å². The fourth-order valence-corrected chi connectivity index (χ4v) is 2.38. The van der Waals surface area contributed by atoms with Gasteiger partial charge < -0.3 is 0 Å². The quantitative estimate of drug-likeness (QED) is 0.481. The van der Waals surface area contributed by atoms with Crippen LogP contribution in [0.15, 0.2) is 28.7 Å². The van der Waals surface area contributed by atoms with Gasteiger partial charge in [0.2, 0.25) is 0 Å². The molecule has 0 amide bonds. The lowest BCUT2D eigenvalue weighted by Crippen LogP contribution is -1.86. The van der Waals surface area contributed by atoms with Crippen molar-refractivity contribution in [2.24, 2.45) is 0 Å². The van der Waals surface area contributed by atoms with Gasteiger partial charge >= 0.3 is 0 Å². The molecule has 0 aliphatic rings. The third-order valence-corrected chi connectivity index (χ3v) is 3.76. The summed E-state index contributed by atoms with van der Waals surface area (Å²) in [7, 11) is 0. The van der Waals surface area contributed by atoms with Gasteiger partial charge in [0.05, 0.1) is 0 Å². The molecule has 1 aromatic carbocycles. The van der Waals surface area contributed by atoms with Crippen molar-refractivity contribution in [1.82, 2.24) is 0 Å². The summed E-state index contributed by atoms with van der Waals surface area (Å²) in [5.41, 5.74) is 1.47. The monoisotopic (exact) mass is 296 g/mol. The fourth-order valence-electron chi connectivity index (χ4n) is 2.11. The van der Waals surface area contributed by atoms with Crippen LogP contribution in [0.25, 0.3) is 0 Å². The molecule has 1 rings (SSSR count). The van der Waals surface area contributed by atoms with Crippen LogP contribution in [0.5, 0.6) is 0 Å². The maximum Gasteiger partial charge on any atom is 0.0175 e. The molecule has 1 aromatic rings. The van der Waals surface area contributed by atoms with E-state index in [2.05, 4.69) is 47.1 Å². The van der Waals surface area contributed by atoms with Crippen LogP contribution in [0.4, 0.5) is 0 Å². The van der Waals surface area contributed by atoms with Gasteiger partial charge in [-0.25, -0.2) is 0 Å². The molecule has 0 saturated carbocycles. The van der Waals surface area contributed by atoms with Gasteiger partial charge in [-0.2, -0.15) is 0 Å². The average Bonchev–Trinajstić information content (AvgIpc) is 2.35. The molecular weight excluding hydrogens is 272 g/mol. The molecule has 0 aromatic heterocycles. The van der Waals surface area contributed by atoms with Crippen molar-refractivity contribution in [2.45, 2.75) is 64.7 Å². The number of aryl methyl sites for hydroxylation is 1. The zero-order chi connectivity index (χ0) is 12.3. The van der Waals surface area contributed by atoms with Crippen molar-refractivity contribution in [3.05, 3.63) is 34.3 Å². The zero-order valence-corrected chi connectivity index (χ0v) is 12.6. The first kappa shape index (κ1) is 14.8. The topological polar surface area (TPSA) is 0 Å². The molecule has 1 heteroatoms. The van der Waals surface area contributed by atoms with Crippen LogP contribution >= 0.6 is 15.9 Å². The highest BCUT2D eigenvalue weighted by atomic mass is 79.9. The molecule has 0 atom stereocenters. The average molecular weight is 297 g/mol. The molecule has 0 nitrogen and oxygen atoms in total. The molecule has 17 heavy (non-hydrogen) atoms. The first-order chi connectivity index (χ1) is 8.33. The first-order valence-electron chi connectivity index (χ1n) is 7.07. The van der Waals surface area contributed by atoms with Gasteiger partial charge in [-0.1, -0.05) is 79.9 Å². The van der Waals surface area contributed by atoms with Crippen LogP contribution < -0.4 is 0 Å². The molecule has 96 valence electrons. The summed E-state index contributed by atoms with van der Waals surface area (Å²) < 4.78 is 1.18. The lowest BCUT2D eigenvalue weighted by molar-refractivity contribution is 0.575. The second kappa shape index (κ2) is 9.70. The van der Waals surface area contributed by atoms with Crippen LogP contribution in [-0.2, 0) is 6.42 Å². The zero-order valence-electron chi connectivity index (χ0n) is 11.1. The van der Waals surface area contributed by atoms with E-state index in [0.29, 0.717) is 0 Å².